The number of carbonyl (C=O) groups is 1. The van der Waals surface area contributed by atoms with E-state index in [0.29, 0.717) is 31.1 Å². The number of hydrogen-bond acceptors (Lipinski definition) is 6. The molecule has 0 spiro atoms. The smallest absolute Gasteiger partial charge is 0.235 e. The summed E-state index contributed by atoms with van der Waals surface area (Å²) in [5.41, 5.74) is 1.13. The number of likely N-dealkylation sites (tertiary alicyclic amines) is 1. The summed E-state index contributed by atoms with van der Waals surface area (Å²) >= 11 is 0. The van der Waals surface area contributed by atoms with Crippen LogP contribution in [0.15, 0.2) is 36.7 Å². The van der Waals surface area contributed by atoms with Gasteiger partial charge in [0.2, 0.25) is 17.7 Å². The molecule has 2 aromatic rings. The second-order valence-corrected chi connectivity index (χ2v) is 6.47. The van der Waals surface area contributed by atoms with Crippen LogP contribution in [0, 0.1) is 0 Å². The lowest BCUT2D eigenvalue weighted by atomic mass is 10.1. The third-order valence-corrected chi connectivity index (χ3v) is 4.60. The van der Waals surface area contributed by atoms with Crippen LogP contribution in [0.2, 0.25) is 0 Å². The van der Waals surface area contributed by atoms with Gasteiger partial charge in [0.1, 0.15) is 11.9 Å². The minimum atomic E-state index is -0.0786. The largest absolute Gasteiger partial charge is 0.497 e. The van der Waals surface area contributed by atoms with Crippen LogP contribution in [0.5, 0.6) is 17.5 Å². The van der Waals surface area contributed by atoms with Crippen LogP contribution in [-0.4, -0.2) is 54.2 Å². The lowest BCUT2D eigenvalue weighted by Gasteiger charge is -2.32. The van der Waals surface area contributed by atoms with E-state index in [-0.39, 0.29) is 12.0 Å². The predicted octanol–water partition coefficient (Wildman–Crippen LogP) is 2.50. The van der Waals surface area contributed by atoms with Crippen molar-refractivity contribution < 1.29 is 19.0 Å². The molecule has 0 N–H and O–H groups in total. The van der Waals surface area contributed by atoms with Crippen molar-refractivity contribution in [3.05, 3.63) is 42.2 Å². The number of rotatable bonds is 7. The van der Waals surface area contributed by atoms with Crippen molar-refractivity contribution in [3.63, 3.8) is 0 Å². The maximum absolute atomic E-state index is 12.6. The summed E-state index contributed by atoms with van der Waals surface area (Å²) in [6.07, 6.45) is 6.02. The van der Waals surface area contributed by atoms with Gasteiger partial charge >= 0.3 is 0 Å². The Morgan fingerprint density at radius 1 is 1.15 bits per heavy atom. The van der Waals surface area contributed by atoms with Gasteiger partial charge in [-0.15, -0.1) is 0 Å². The van der Waals surface area contributed by atoms with Crippen molar-refractivity contribution in [2.45, 2.75) is 31.8 Å². The van der Waals surface area contributed by atoms with E-state index in [1.807, 2.05) is 29.2 Å². The van der Waals surface area contributed by atoms with Crippen LogP contribution in [0.4, 0.5) is 0 Å². The molecule has 3 rings (SSSR count). The molecule has 0 bridgehead atoms. The van der Waals surface area contributed by atoms with E-state index in [1.165, 1.54) is 13.3 Å². The summed E-state index contributed by atoms with van der Waals surface area (Å²) in [4.78, 5) is 22.7. The van der Waals surface area contributed by atoms with Gasteiger partial charge in [0.15, 0.2) is 0 Å². The number of benzene rings is 1. The standard InChI is InChI=1S/C20H25N3O4/c1-25-16-8-5-15(6-9-16)7-10-20(24)23-11-3-4-17(14-23)27-19-13-21-12-18(22-19)26-2/h5-6,8-9,12-13,17H,3-4,7,10-11,14H2,1-2H3/t17-/m0/s1. The first kappa shape index (κ1) is 18.9. The van der Waals surface area contributed by atoms with E-state index in [1.54, 1.807) is 13.3 Å². The molecule has 144 valence electrons. The average molecular weight is 371 g/mol. The molecule has 1 fully saturated rings. The van der Waals surface area contributed by atoms with Crippen molar-refractivity contribution in [2.75, 3.05) is 27.3 Å². The van der Waals surface area contributed by atoms with Crippen LogP contribution >= 0.6 is 0 Å². The molecule has 0 aliphatic carbocycles. The van der Waals surface area contributed by atoms with E-state index in [2.05, 4.69) is 9.97 Å². The minimum Gasteiger partial charge on any atom is -0.497 e. The fraction of sp³-hybridized carbons (Fsp3) is 0.450. The van der Waals surface area contributed by atoms with E-state index >= 15 is 0 Å². The zero-order valence-electron chi connectivity index (χ0n) is 15.8. The normalized spacial score (nSPS) is 16.7. The zero-order valence-corrected chi connectivity index (χ0v) is 15.8. The first-order valence-electron chi connectivity index (χ1n) is 9.11. The van der Waals surface area contributed by atoms with Gasteiger partial charge in [-0.05, 0) is 37.0 Å². The van der Waals surface area contributed by atoms with Crippen molar-refractivity contribution in [1.82, 2.24) is 14.9 Å². The van der Waals surface area contributed by atoms with E-state index in [0.717, 1.165) is 30.7 Å². The van der Waals surface area contributed by atoms with Gasteiger partial charge in [0.05, 0.1) is 33.2 Å². The Kier molecular flexibility index (Phi) is 6.46. The molecule has 7 heteroatoms. The highest BCUT2D eigenvalue weighted by atomic mass is 16.5. The van der Waals surface area contributed by atoms with Crippen LogP contribution in [-0.2, 0) is 11.2 Å². The molecule has 1 aliphatic heterocycles. The lowest BCUT2D eigenvalue weighted by Crippen LogP contribution is -2.44. The number of aromatic nitrogens is 2. The molecule has 1 aliphatic rings. The van der Waals surface area contributed by atoms with Gasteiger partial charge < -0.3 is 19.1 Å². The van der Waals surface area contributed by atoms with Gasteiger partial charge in [-0.1, -0.05) is 12.1 Å². The monoisotopic (exact) mass is 371 g/mol. The molecule has 1 aromatic heterocycles. The van der Waals surface area contributed by atoms with Gasteiger partial charge in [-0.2, -0.15) is 4.98 Å². The number of methoxy groups -OCH3 is 2. The minimum absolute atomic E-state index is 0.0786. The Morgan fingerprint density at radius 2 is 1.93 bits per heavy atom. The number of piperidine rings is 1. The third kappa shape index (κ3) is 5.32. The summed E-state index contributed by atoms with van der Waals surface area (Å²) in [6.45, 7) is 1.34. The highest BCUT2D eigenvalue weighted by Crippen LogP contribution is 2.19. The average Bonchev–Trinajstić information content (AvgIpc) is 2.72. The Morgan fingerprint density at radius 3 is 2.67 bits per heavy atom. The number of carbonyl (C=O) groups excluding carboxylic acids is 1. The second kappa shape index (κ2) is 9.21. The van der Waals surface area contributed by atoms with Gasteiger partial charge in [0.25, 0.3) is 0 Å². The molecule has 1 amide bonds. The molecule has 2 heterocycles. The summed E-state index contributed by atoms with van der Waals surface area (Å²) in [5, 5.41) is 0. The Balaban J connectivity index is 1.51. The number of aryl methyl sites for hydroxylation is 1. The molecular formula is C20H25N3O4. The number of ether oxygens (including phenoxy) is 3. The molecule has 0 saturated carbocycles. The summed E-state index contributed by atoms with van der Waals surface area (Å²) in [7, 11) is 3.18. The Hall–Kier alpha value is -2.83. The molecule has 1 atom stereocenters. The van der Waals surface area contributed by atoms with E-state index < -0.39 is 0 Å². The second-order valence-electron chi connectivity index (χ2n) is 6.47. The lowest BCUT2D eigenvalue weighted by molar-refractivity contribution is -0.133. The molecule has 0 unspecified atom stereocenters. The number of amides is 1. The fourth-order valence-electron chi connectivity index (χ4n) is 3.12. The number of hydrogen-bond donors (Lipinski definition) is 0. The van der Waals surface area contributed by atoms with Crippen molar-refractivity contribution in [1.29, 1.82) is 0 Å². The van der Waals surface area contributed by atoms with Crippen LogP contribution in [0.25, 0.3) is 0 Å². The van der Waals surface area contributed by atoms with Crippen molar-refractivity contribution in [2.24, 2.45) is 0 Å². The maximum Gasteiger partial charge on any atom is 0.235 e. The molecule has 7 nitrogen and oxygen atoms in total. The van der Waals surface area contributed by atoms with Gasteiger partial charge in [-0.25, -0.2) is 0 Å². The Bertz CT molecular complexity index is 751. The topological polar surface area (TPSA) is 73.8 Å². The highest BCUT2D eigenvalue weighted by Gasteiger charge is 2.25. The predicted molar refractivity (Wildman–Crippen MR) is 100 cm³/mol. The first-order chi connectivity index (χ1) is 13.2. The third-order valence-electron chi connectivity index (χ3n) is 4.60. The van der Waals surface area contributed by atoms with E-state index in [4.69, 9.17) is 14.2 Å². The van der Waals surface area contributed by atoms with E-state index in [9.17, 15) is 4.79 Å². The maximum atomic E-state index is 12.6. The quantitative estimate of drug-likeness (QED) is 0.745. The summed E-state index contributed by atoms with van der Waals surface area (Å²) < 4.78 is 16.1. The number of nitrogens with zero attached hydrogens (tertiary/aromatic N) is 3. The Labute approximate surface area is 159 Å². The highest BCUT2D eigenvalue weighted by molar-refractivity contribution is 5.76. The molecule has 1 saturated heterocycles. The van der Waals surface area contributed by atoms with Crippen LogP contribution < -0.4 is 14.2 Å². The van der Waals surface area contributed by atoms with Crippen molar-refractivity contribution in [3.8, 4) is 17.5 Å². The first-order valence-corrected chi connectivity index (χ1v) is 9.11. The van der Waals surface area contributed by atoms with Crippen molar-refractivity contribution >= 4 is 5.91 Å². The van der Waals surface area contributed by atoms with Gasteiger partial charge in [-0.3, -0.25) is 9.78 Å². The summed E-state index contributed by atoms with van der Waals surface area (Å²) in [6, 6.07) is 7.82. The SMILES string of the molecule is COc1ccc(CCC(=O)N2CCC[C@H](Oc3cncc(OC)n3)C2)cc1. The molecule has 27 heavy (non-hydrogen) atoms. The summed E-state index contributed by atoms with van der Waals surface area (Å²) in [5.74, 6) is 1.81. The molecule has 0 radical (unpaired) electrons. The zero-order chi connectivity index (χ0) is 19.1. The molecular weight excluding hydrogens is 346 g/mol. The van der Waals surface area contributed by atoms with Gasteiger partial charge in [0, 0.05) is 13.0 Å². The fourth-order valence-corrected chi connectivity index (χ4v) is 3.12. The molecule has 1 aromatic carbocycles. The van der Waals surface area contributed by atoms with Crippen LogP contribution in [0.3, 0.4) is 0 Å². The van der Waals surface area contributed by atoms with Crippen LogP contribution in [0.1, 0.15) is 24.8 Å².